The van der Waals surface area contributed by atoms with Gasteiger partial charge in [-0.3, -0.25) is 0 Å². The Labute approximate surface area is 128 Å². The Balaban J connectivity index is 2.03. The van der Waals surface area contributed by atoms with E-state index in [9.17, 15) is 0 Å². The number of hydrogen-bond acceptors (Lipinski definition) is 4. The van der Waals surface area contributed by atoms with Crippen molar-refractivity contribution in [1.29, 1.82) is 0 Å². The van der Waals surface area contributed by atoms with Crippen LogP contribution in [0.3, 0.4) is 0 Å². The minimum Gasteiger partial charge on any atom is -0.384 e. The highest BCUT2D eigenvalue weighted by Crippen LogP contribution is 2.28. The quantitative estimate of drug-likeness (QED) is 0.838. The zero-order chi connectivity index (χ0) is 15.1. The molecule has 1 aromatic rings. The average molecular weight is 291 g/mol. The van der Waals surface area contributed by atoms with Gasteiger partial charge in [0.25, 0.3) is 0 Å². The van der Waals surface area contributed by atoms with Gasteiger partial charge in [-0.2, -0.15) is 0 Å². The molecule has 0 radical (unpaired) electrons. The third-order valence-electron chi connectivity index (χ3n) is 4.30. The molecule has 0 aliphatic carbocycles. The molecule has 1 fully saturated rings. The number of piperidine rings is 1. The number of rotatable bonds is 7. The molecule has 0 saturated carbocycles. The molecule has 1 aromatic heterocycles. The van der Waals surface area contributed by atoms with Gasteiger partial charge < -0.3 is 15.0 Å². The van der Waals surface area contributed by atoms with Crippen LogP contribution in [0.5, 0.6) is 0 Å². The molecule has 21 heavy (non-hydrogen) atoms. The van der Waals surface area contributed by atoms with Crippen LogP contribution in [0, 0.1) is 5.92 Å². The van der Waals surface area contributed by atoms with Crippen LogP contribution in [0.4, 0.5) is 5.82 Å². The standard InChI is InChI=1S/C17H29N3O/c1-4-9-18-14(2)16-6-5-10-19-17(16)20-11-7-15(8-12-20)13-21-3/h5-6,10,14-15,18H,4,7-9,11-13H2,1-3H3. The summed E-state index contributed by atoms with van der Waals surface area (Å²) in [6.45, 7) is 8.53. The van der Waals surface area contributed by atoms with Crippen LogP contribution in [0.1, 0.15) is 44.7 Å². The van der Waals surface area contributed by atoms with Crippen molar-refractivity contribution in [3.8, 4) is 0 Å². The largest absolute Gasteiger partial charge is 0.384 e. The van der Waals surface area contributed by atoms with E-state index in [1.165, 1.54) is 18.4 Å². The van der Waals surface area contributed by atoms with Crippen LogP contribution in [-0.2, 0) is 4.74 Å². The Morgan fingerprint density at radius 2 is 2.19 bits per heavy atom. The number of pyridine rings is 1. The predicted octanol–water partition coefficient (Wildman–Crippen LogP) is 3.01. The maximum Gasteiger partial charge on any atom is 0.133 e. The number of methoxy groups -OCH3 is 1. The van der Waals surface area contributed by atoms with Gasteiger partial charge in [0.1, 0.15) is 5.82 Å². The molecule has 1 aliphatic heterocycles. The molecule has 1 aliphatic rings. The highest BCUT2D eigenvalue weighted by Gasteiger charge is 2.23. The lowest BCUT2D eigenvalue weighted by molar-refractivity contribution is 0.139. The number of anilines is 1. The van der Waals surface area contributed by atoms with Crippen LogP contribution < -0.4 is 10.2 Å². The summed E-state index contributed by atoms with van der Waals surface area (Å²) < 4.78 is 5.28. The van der Waals surface area contributed by atoms with E-state index in [-0.39, 0.29) is 0 Å². The van der Waals surface area contributed by atoms with Gasteiger partial charge in [-0.05, 0) is 44.7 Å². The Hall–Kier alpha value is -1.13. The van der Waals surface area contributed by atoms with E-state index in [4.69, 9.17) is 4.74 Å². The molecule has 4 nitrogen and oxygen atoms in total. The van der Waals surface area contributed by atoms with Gasteiger partial charge in [-0.25, -0.2) is 4.98 Å². The second kappa shape index (κ2) is 8.35. The van der Waals surface area contributed by atoms with Gasteiger partial charge in [-0.15, -0.1) is 0 Å². The molecule has 2 heterocycles. The van der Waals surface area contributed by atoms with Crippen molar-refractivity contribution in [3.05, 3.63) is 23.9 Å². The zero-order valence-electron chi connectivity index (χ0n) is 13.6. The first-order valence-corrected chi connectivity index (χ1v) is 8.18. The van der Waals surface area contributed by atoms with E-state index in [0.717, 1.165) is 38.5 Å². The van der Waals surface area contributed by atoms with E-state index in [2.05, 4.69) is 35.1 Å². The second-order valence-electron chi connectivity index (χ2n) is 5.98. The summed E-state index contributed by atoms with van der Waals surface area (Å²) in [4.78, 5) is 7.09. The molecule has 0 aromatic carbocycles. The summed E-state index contributed by atoms with van der Waals surface area (Å²) >= 11 is 0. The molecular formula is C17H29N3O. The lowest BCUT2D eigenvalue weighted by Crippen LogP contribution is -2.36. The summed E-state index contributed by atoms with van der Waals surface area (Å²) in [7, 11) is 1.80. The van der Waals surface area contributed by atoms with E-state index in [1.54, 1.807) is 7.11 Å². The molecule has 118 valence electrons. The number of nitrogens with zero attached hydrogens (tertiary/aromatic N) is 2. The van der Waals surface area contributed by atoms with Crippen LogP contribution in [0.15, 0.2) is 18.3 Å². The summed E-state index contributed by atoms with van der Waals surface area (Å²) in [5.41, 5.74) is 1.32. The van der Waals surface area contributed by atoms with Crippen molar-refractivity contribution >= 4 is 5.82 Å². The van der Waals surface area contributed by atoms with Crippen LogP contribution in [-0.4, -0.2) is 38.3 Å². The highest BCUT2D eigenvalue weighted by atomic mass is 16.5. The molecule has 0 amide bonds. The molecule has 1 unspecified atom stereocenters. The van der Waals surface area contributed by atoms with Crippen LogP contribution in [0.2, 0.25) is 0 Å². The normalized spacial score (nSPS) is 18.0. The first-order chi connectivity index (χ1) is 10.3. The number of aromatic nitrogens is 1. The van der Waals surface area contributed by atoms with Crippen molar-refractivity contribution in [2.45, 2.75) is 39.2 Å². The van der Waals surface area contributed by atoms with Gasteiger partial charge in [0.05, 0.1) is 0 Å². The smallest absolute Gasteiger partial charge is 0.133 e. The van der Waals surface area contributed by atoms with E-state index >= 15 is 0 Å². The molecule has 1 saturated heterocycles. The van der Waals surface area contributed by atoms with Crippen LogP contribution in [0.25, 0.3) is 0 Å². The number of nitrogens with one attached hydrogen (secondary N) is 1. The van der Waals surface area contributed by atoms with Crippen molar-refractivity contribution < 1.29 is 4.74 Å². The maximum atomic E-state index is 5.28. The van der Waals surface area contributed by atoms with E-state index < -0.39 is 0 Å². The molecule has 0 bridgehead atoms. The summed E-state index contributed by atoms with van der Waals surface area (Å²) in [5, 5.41) is 3.57. The summed E-state index contributed by atoms with van der Waals surface area (Å²) in [5.74, 6) is 1.86. The Kier molecular flexibility index (Phi) is 6.46. The molecule has 1 N–H and O–H groups in total. The lowest BCUT2D eigenvalue weighted by atomic mass is 9.97. The first-order valence-electron chi connectivity index (χ1n) is 8.18. The monoisotopic (exact) mass is 291 g/mol. The minimum atomic E-state index is 0.352. The number of hydrogen-bond donors (Lipinski definition) is 1. The van der Waals surface area contributed by atoms with Crippen molar-refractivity contribution in [2.24, 2.45) is 5.92 Å². The molecule has 2 rings (SSSR count). The van der Waals surface area contributed by atoms with Crippen molar-refractivity contribution in [3.63, 3.8) is 0 Å². The third kappa shape index (κ3) is 4.42. The van der Waals surface area contributed by atoms with Gasteiger partial charge in [0, 0.05) is 44.6 Å². The van der Waals surface area contributed by atoms with E-state index in [1.807, 2.05) is 12.3 Å². The highest BCUT2D eigenvalue weighted by molar-refractivity contribution is 5.48. The maximum absolute atomic E-state index is 5.28. The summed E-state index contributed by atoms with van der Waals surface area (Å²) in [6, 6.07) is 4.60. The molecule has 4 heteroatoms. The van der Waals surface area contributed by atoms with Gasteiger partial charge in [0.15, 0.2) is 0 Å². The number of ether oxygens (including phenoxy) is 1. The zero-order valence-corrected chi connectivity index (χ0v) is 13.6. The molecular weight excluding hydrogens is 262 g/mol. The average Bonchev–Trinajstić information content (AvgIpc) is 2.54. The van der Waals surface area contributed by atoms with Crippen LogP contribution >= 0.6 is 0 Å². The molecule has 1 atom stereocenters. The van der Waals surface area contributed by atoms with Gasteiger partial charge >= 0.3 is 0 Å². The minimum absolute atomic E-state index is 0.352. The first kappa shape index (κ1) is 16.2. The lowest BCUT2D eigenvalue weighted by Gasteiger charge is -2.34. The Bertz CT molecular complexity index is 416. The second-order valence-corrected chi connectivity index (χ2v) is 5.98. The predicted molar refractivity (Wildman–Crippen MR) is 87.8 cm³/mol. The van der Waals surface area contributed by atoms with Gasteiger partial charge in [-0.1, -0.05) is 13.0 Å². The third-order valence-corrected chi connectivity index (χ3v) is 4.30. The molecule has 0 spiro atoms. The summed E-state index contributed by atoms with van der Waals surface area (Å²) in [6.07, 6.45) is 5.45. The van der Waals surface area contributed by atoms with Crippen molar-refractivity contribution in [2.75, 3.05) is 38.3 Å². The van der Waals surface area contributed by atoms with E-state index in [0.29, 0.717) is 12.0 Å². The SMILES string of the molecule is CCCNC(C)c1cccnc1N1CCC(COC)CC1. The fraction of sp³-hybridized carbons (Fsp3) is 0.706. The fourth-order valence-electron chi connectivity index (χ4n) is 3.03. The van der Waals surface area contributed by atoms with Gasteiger partial charge in [0.2, 0.25) is 0 Å². The Morgan fingerprint density at radius 3 is 2.86 bits per heavy atom. The van der Waals surface area contributed by atoms with Crippen molar-refractivity contribution in [1.82, 2.24) is 10.3 Å². The Morgan fingerprint density at radius 1 is 1.43 bits per heavy atom. The fourth-order valence-corrected chi connectivity index (χ4v) is 3.03. The topological polar surface area (TPSA) is 37.4 Å².